The number of aryl methyl sites for hydroxylation is 1. The number of phenolic OH excluding ortho intramolecular Hbond substituents is 1. The lowest BCUT2D eigenvalue weighted by atomic mass is 10.2. The fourth-order valence-electron chi connectivity index (χ4n) is 1.83. The summed E-state index contributed by atoms with van der Waals surface area (Å²) in [6, 6.07) is 11.1. The van der Waals surface area contributed by atoms with E-state index in [1.807, 2.05) is 12.1 Å². The Bertz CT molecular complexity index is 736. The van der Waals surface area contributed by atoms with Gasteiger partial charge in [-0.25, -0.2) is 4.98 Å². The van der Waals surface area contributed by atoms with Gasteiger partial charge in [0.15, 0.2) is 0 Å². The molecule has 2 nitrogen and oxygen atoms in total. The Morgan fingerprint density at radius 1 is 1.17 bits per heavy atom. The SMILES string of the molecule is Cc1ccc2nc(-c3cc(Cl)ccc3O)sc2c1. The number of hydrogen-bond donors (Lipinski definition) is 1. The minimum Gasteiger partial charge on any atom is -0.507 e. The first kappa shape index (κ1) is 11.5. The molecular weight excluding hydrogens is 266 g/mol. The monoisotopic (exact) mass is 275 g/mol. The second-order valence-electron chi connectivity index (χ2n) is 4.15. The van der Waals surface area contributed by atoms with Gasteiger partial charge in [-0.15, -0.1) is 11.3 Å². The quantitative estimate of drug-likeness (QED) is 0.702. The Morgan fingerprint density at radius 3 is 2.83 bits per heavy atom. The molecule has 0 atom stereocenters. The summed E-state index contributed by atoms with van der Waals surface area (Å²) in [6.07, 6.45) is 0. The van der Waals surface area contributed by atoms with Crippen LogP contribution in [0.25, 0.3) is 20.8 Å². The molecule has 4 heteroatoms. The normalized spacial score (nSPS) is 11.0. The molecular formula is C14H10ClNOS. The maximum Gasteiger partial charge on any atom is 0.128 e. The van der Waals surface area contributed by atoms with Crippen molar-refractivity contribution in [3.8, 4) is 16.3 Å². The first-order valence-electron chi connectivity index (χ1n) is 5.49. The summed E-state index contributed by atoms with van der Waals surface area (Å²) < 4.78 is 1.12. The van der Waals surface area contributed by atoms with E-state index in [0.717, 1.165) is 15.2 Å². The Morgan fingerprint density at radius 2 is 2.00 bits per heavy atom. The van der Waals surface area contributed by atoms with Crippen LogP contribution in [0.2, 0.25) is 5.02 Å². The van der Waals surface area contributed by atoms with Crippen LogP contribution < -0.4 is 0 Å². The topological polar surface area (TPSA) is 33.1 Å². The Balaban J connectivity index is 2.22. The van der Waals surface area contributed by atoms with Crippen molar-refractivity contribution in [3.05, 3.63) is 47.0 Å². The van der Waals surface area contributed by atoms with Crippen molar-refractivity contribution >= 4 is 33.2 Å². The second kappa shape index (κ2) is 4.26. The Kier molecular flexibility index (Phi) is 2.73. The molecule has 0 saturated heterocycles. The summed E-state index contributed by atoms with van der Waals surface area (Å²) in [5.41, 5.74) is 2.83. The van der Waals surface area contributed by atoms with Crippen LogP contribution in [0.5, 0.6) is 5.75 Å². The number of thiazole rings is 1. The van der Waals surface area contributed by atoms with E-state index in [9.17, 15) is 5.11 Å². The highest BCUT2D eigenvalue weighted by atomic mass is 35.5. The van der Waals surface area contributed by atoms with Crippen LogP contribution in [-0.2, 0) is 0 Å². The van der Waals surface area contributed by atoms with Crippen molar-refractivity contribution < 1.29 is 5.11 Å². The highest BCUT2D eigenvalue weighted by molar-refractivity contribution is 7.21. The van der Waals surface area contributed by atoms with Gasteiger partial charge >= 0.3 is 0 Å². The molecule has 1 heterocycles. The minimum atomic E-state index is 0.204. The second-order valence-corrected chi connectivity index (χ2v) is 5.62. The molecule has 0 saturated carbocycles. The number of fused-ring (bicyclic) bond motifs is 1. The molecule has 1 aromatic heterocycles. The van der Waals surface area contributed by atoms with Crippen LogP contribution in [0.3, 0.4) is 0 Å². The lowest BCUT2D eigenvalue weighted by Gasteiger charge is -2.00. The van der Waals surface area contributed by atoms with Gasteiger partial charge in [0.1, 0.15) is 10.8 Å². The number of aromatic nitrogens is 1. The zero-order valence-electron chi connectivity index (χ0n) is 9.64. The fourth-order valence-corrected chi connectivity index (χ4v) is 3.09. The largest absolute Gasteiger partial charge is 0.507 e. The van der Waals surface area contributed by atoms with Crippen molar-refractivity contribution in [2.45, 2.75) is 6.92 Å². The summed E-state index contributed by atoms with van der Waals surface area (Å²) >= 11 is 7.51. The van der Waals surface area contributed by atoms with Crippen LogP contribution in [0.1, 0.15) is 5.56 Å². The molecule has 0 spiro atoms. The van der Waals surface area contributed by atoms with E-state index in [2.05, 4.69) is 18.0 Å². The molecule has 0 unspecified atom stereocenters. The smallest absolute Gasteiger partial charge is 0.128 e. The zero-order valence-corrected chi connectivity index (χ0v) is 11.2. The summed E-state index contributed by atoms with van der Waals surface area (Å²) in [7, 11) is 0. The zero-order chi connectivity index (χ0) is 12.7. The van der Waals surface area contributed by atoms with Crippen molar-refractivity contribution in [1.29, 1.82) is 0 Å². The number of aromatic hydroxyl groups is 1. The minimum absolute atomic E-state index is 0.204. The van der Waals surface area contributed by atoms with Crippen LogP contribution >= 0.6 is 22.9 Å². The predicted molar refractivity (Wildman–Crippen MR) is 76.5 cm³/mol. The van der Waals surface area contributed by atoms with E-state index in [4.69, 9.17) is 11.6 Å². The average molecular weight is 276 g/mol. The molecule has 2 aromatic carbocycles. The number of rotatable bonds is 1. The number of hydrogen-bond acceptors (Lipinski definition) is 3. The summed E-state index contributed by atoms with van der Waals surface area (Å²) in [4.78, 5) is 4.53. The maximum atomic E-state index is 9.88. The Hall–Kier alpha value is -1.58. The third-order valence-corrected chi connectivity index (χ3v) is 4.02. The molecule has 0 amide bonds. The highest BCUT2D eigenvalue weighted by Gasteiger charge is 2.10. The molecule has 3 rings (SSSR count). The average Bonchev–Trinajstić information content (AvgIpc) is 2.74. The molecule has 0 radical (unpaired) electrons. The number of benzene rings is 2. The number of nitrogens with zero attached hydrogens (tertiary/aromatic N) is 1. The molecule has 0 aliphatic rings. The molecule has 0 aliphatic heterocycles. The lowest BCUT2D eigenvalue weighted by molar-refractivity contribution is 0.477. The van der Waals surface area contributed by atoms with Crippen molar-refractivity contribution in [3.63, 3.8) is 0 Å². The summed E-state index contributed by atoms with van der Waals surface area (Å²) in [5, 5.41) is 11.3. The van der Waals surface area contributed by atoms with Crippen LogP contribution in [0.15, 0.2) is 36.4 Å². The third kappa shape index (κ3) is 1.96. The van der Waals surface area contributed by atoms with E-state index in [0.29, 0.717) is 10.6 Å². The molecule has 18 heavy (non-hydrogen) atoms. The van der Waals surface area contributed by atoms with Crippen LogP contribution in [0, 0.1) is 6.92 Å². The lowest BCUT2D eigenvalue weighted by Crippen LogP contribution is -1.77. The molecule has 90 valence electrons. The molecule has 0 bridgehead atoms. The summed E-state index contributed by atoms with van der Waals surface area (Å²) in [6.45, 7) is 2.05. The fraction of sp³-hybridized carbons (Fsp3) is 0.0714. The number of phenols is 1. The van der Waals surface area contributed by atoms with Gasteiger partial charge in [-0.2, -0.15) is 0 Å². The molecule has 0 aliphatic carbocycles. The van der Waals surface area contributed by atoms with Gasteiger partial charge < -0.3 is 5.11 Å². The Labute approximate surface area is 113 Å². The standard InChI is InChI=1S/C14H10ClNOS/c1-8-2-4-11-13(6-8)18-14(16-11)10-7-9(15)3-5-12(10)17/h2-7,17H,1H3. The first-order chi connectivity index (χ1) is 8.63. The van der Waals surface area contributed by atoms with Crippen molar-refractivity contribution in [1.82, 2.24) is 4.98 Å². The third-order valence-electron chi connectivity index (χ3n) is 2.73. The van der Waals surface area contributed by atoms with Crippen molar-refractivity contribution in [2.24, 2.45) is 0 Å². The molecule has 1 N–H and O–H groups in total. The van der Waals surface area contributed by atoms with Gasteiger partial charge in [-0.1, -0.05) is 17.7 Å². The maximum absolute atomic E-state index is 9.88. The van der Waals surface area contributed by atoms with E-state index < -0.39 is 0 Å². The van der Waals surface area contributed by atoms with E-state index in [-0.39, 0.29) is 5.75 Å². The van der Waals surface area contributed by atoms with E-state index in [1.165, 1.54) is 5.56 Å². The van der Waals surface area contributed by atoms with Gasteiger partial charge in [0.2, 0.25) is 0 Å². The van der Waals surface area contributed by atoms with Gasteiger partial charge in [-0.3, -0.25) is 0 Å². The van der Waals surface area contributed by atoms with Gasteiger partial charge in [-0.05, 0) is 42.8 Å². The highest BCUT2D eigenvalue weighted by Crippen LogP contribution is 2.36. The first-order valence-corrected chi connectivity index (χ1v) is 6.69. The predicted octanol–water partition coefficient (Wildman–Crippen LogP) is 4.63. The summed E-state index contributed by atoms with van der Waals surface area (Å²) in [5.74, 6) is 0.204. The molecule has 3 aromatic rings. The number of halogens is 1. The van der Waals surface area contributed by atoms with Gasteiger partial charge in [0.05, 0.1) is 15.8 Å². The van der Waals surface area contributed by atoms with Gasteiger partial charge in [0, 0.05) is 5.02 Å². The van der Waals surface area contributed by atoms with E-state index >= 15 is 0 Å². The molecule has 0 fully saturated rings. The van der Waals surface area contributed by atoms with Gasteiger partial charge in [0.25, 0.3) is 0 Å². The van der Waals surface area contributed by atoms with Crippen molar-refractivity contribution in [2.75, 3.05) is 0 Å². The van der Waals surface area contributed by atoms with Crippen LogP contribution in [0.4, 0.5) is 0 Å². The van der Waals surface area contributed by atoms with Crippen LogP contribution in [-0.4, -0.2) is 10.1 Å². The van der Waals surface area contributed by atoms with E-state index in [1.54, 1.807) is 29.5 Å².